The molecule has 0 bridgehead atoms. The first-order chi connectivity index (χ1) is 10.1. The molecule has 22 heavy (non-hydrogen) atoms. The molecule has 2 heteroatoms. The van der Waals surface area contributed by atoms with E-state index in [-0.39, 0.29) is 16.7 Å². The van der Waals surface area contributed by atoms with Crippen molar-refractivity contribution in [3.8, 4) is 0 Å². The van der Waals surface area contributed by atoms with Crippen LogP contribution in [0.5, 0.6) is 0 Å². The predicted octanol–water partition coefficient (Wildman–Crippen LogP) is 4.68. The molecular weight excluding hydrogens is 272 g/mol. The highest BCUT2D eigenvalue weighted by Crippen LogP contribution is 2.61. The number of ketones is 1. The lowest BCUT2D eigenvalue weighted by molar-refractivity contribution is -0.175. The Bertz CT molecular complexity index is 498. The lowest BCUT2D eigenvalue weighted by atomic mass is 9.45. The summed E-state index contributed by atoms with van der Waals surface area (Å²) in [6, 6.07) is 0. The Morgan fingerprint density at radius 3 is 2.55 bits per heavy atom. The zero-order valence-electron chi connectivity index (χ0n) is 14.9. The van der Waals surface area contributed by atoms with Crippen LogP contribution in [0.4, 0.5) is 0 Å². The van der Waals surface area contributed by atoms with Crippen LogP contribution in [0.3, 0.4) is 0 Å². The molecule has 0 saturated heterocycles. The lowest BCUT2D eigenvalue weighted by Gasteiger charge is -2.60. The monoisotopic (exact) mass is 304 g/mol. The van der Waals surface area contributed by atoms with E-state index in [0.29, 0.717) is 18.1 Å². The van der Waals surface area contributed by atoms with Gasteiger partial charge in [0.2, 0.25) is 0 Å². The molecule has 2 fully saturated rings. The zero-order valence-corrected chi connectivity index (χ0v) is 14.9. The maximum Gasteiger partial charge on any atom is 0.138 e. The molecule has 2 saturated carbocycles. The van der Waals surface area contributed by atoms with E-state index in [9.17, 15) is 9.90 Å². The Labute approximate surface area is 135 Å². The first-order valence-electron chi connectivity index (χ1n) is 8.60. The Hall–Kier alpha value is -0.890. The molecule has 4 atom stereocenters. The summed E-state index contributed by atoms with van der Waals surface area (Å²) in [4.78, 5) is 12.4. The molecule has 0 aromatic carbocycles. The zero-order chi connectivity index (χ0) is 16.8. The maximum absolute atomic E-state index is 12.4. The summed E-state index contributed by atoms with van der Waals surface area (Å²) in [5, 5.41) is 11.0. The van der Waals surface area contributed by atoms with E-state index in [1.807, 2.05) is 13.0 Å². The number of fused-ring (bicyclic) bond motifs is 1. The minimum atomic E-state index is -0.653. The molecule has 0 spiro atoms. The maximum atomic E-state index is 12.4. The van der Waals surface area contributed by atoms with Crippen LogP contribution in [0.1, 0.15) is 66.7 Å². The van der Waals surface area contributed by atoms with E-state index in [1.54, 1.807) is 0 Å². The van der Waals surface area contributed by atoms with Crippen LogP contribution in [0.25, 0.3) is 0 Å². The molecule has 0 aromatic rings. The van der Waals surface area contributed by atoms with Crippen LogP contribution in [-0.2, 0) is 4.79 Å². The molecule has 1 N–H and O–H groups in total. The molecule has 0 aromatic heterocycles. The van der Waals surface area contributed by atoms with Gasteiger partial charge in [0.15, 0.2) is 0 Å². The first kappa shape index (κ1) is 17.5. The van der Waals surface area contributed by atoms with Crippen molar-refractivity contribution in [1.29, 1.82) is 0 Å². The van der Waals surface area contributed by atoms with Crippen LogP contribution in [0.15, 0.2) is 24.3 Å². The second kappa shape index (κ2) is 5.63. The van der Waals surface area contributed by atoms with E-state index >= 15 is 0 Å². The summed E-state index contributed by atoms with van der Waals surface area (Å²) in [7, 11) is 0. The van der Waals surface area contributed by atoms with Crippen molar-refractivity contribution in [2.24, 2.45) is 22.7 Å². The third-order valence-electron chi connectivity index (χ3n) is 6.76. The highest BCUT2D eigenvalue weighted by Gasteiger charge is 2.59. The summed E-state index contributed by atoms with van der Waals surface area (Å²) in [6.07, 6.45) is 8.22. The smallest absolute Gasteiger partial charge is 0.138 e. The molecular formula is C20H32O2. The second-order valence-electron chi connectivity index (χ2n) is 8.54. The average Bonchev–Trinajstić information content (AvgIpc) is 2.41. The number of rotatable bonds is 3. The molecule has 1 unspecified atom stereocenters. The molecule has 124 valence electrons. The summed E-state index contributed by atoms with van der Waals surface area (Å²) >= 11 is 0. The molecule has 2 nitrogen and oxygen atoms in total. The molecule has 0 radical (unpaired) electrons. The van der Waals surface area contributed by atoms with Crippen molar-refractivity contribution in [3.63, 3.8) is 0 Å². The topological polar surface area (TPSA) is 37.3 Å². The van der Waals surface area contributed by atoms with Crippen molar-refractivity contribution in [2.75, 3.05) is 0 Å². The van der Waals surface area contributed by atoms with Gasteiger partial charge < -0.3 is 5.11 Å². The SMILES string of the molecule is C=CC(C)=CCC1[C@](C)(O)CC[C@H]2C(C)(C)C(=O)CC[C@]12C. The molecule has 0 amide bonds. The molecule has 2 aliphatic rings. The quantitative estimate of drug-likeness (QED) is 0.769. The summed E-state index contributed by atoms with van der Waals surface area (Å²) in [5.41, 5.74) is 0.267. The Balaban J connectivity index is 2.40. The van der Waals surface area contributed by atoms with E-state index in [0.717, 1.165) is 31.3 Å². The van der Waals surface area contributed by atoms with Crippen molar-refractivity contribution < 1.29 is 9.90 Å². The van der Waals surface area contributed by atoms with Crippen LogP contribution in [0.2, 0.25) is 0 Å². The van der Waals surface area contributed by atoms with Crippen molar-refractivity contribution >= 4 is 5.78 Å². The summed E-state index contributed by atoms with van der Waals surface area (Å²) < 4.78 is 0. The fourth-order valence-corrected chi connectivity index (χ4v) is 5.24. The van der Waals surface area contributed by atoms with Gasteiger partial charge >= 0.3 is 0 Å². The number of Topliss-reactive ketones (excluding diaryl/α,β-unsaturated/α-hetero) is 1. The van der Waals surface area contributed by atoms with Crippen LogP contribution in [0, 0.1) is 22.7 Å². The average molecular weight is 304 g/mol. The van der Waals surface area contributed by atoms with Crippen molar-refractivity contribution in [2.45, 2.75) is 72.3 Å². The van der Waals surface area contributed by atoms with Gasteiger partial charge in [0.05, 0.1) is 5.60 Å². The number of allylic oxidation sites excluding steroid dienone is 3. The molecule has 0 heterocycles. The van der Waals surface area contributed by atoms with Gasteiger partial charge in [-0.05, 0) is 56.8 Å². The molecule has 0 aliphatic heterocycles. The highest BCUT2D eigenvalue weighted by atomic mass is 16.3. The number of carbonyl (C=O) groups excluding carboxylic acids is 1. The highest BCUT2D eigenvalue weighted by molar-refractivity contribution is 5.85. The standard InChI is InChI=1S/C20H32O2/c1-7-14(2)8-9-16-19(5)12-11-17(21)18(3,4)15(19)10-13-20(16,6)22/h7-8,15-16,22H,1,9-13H2,2-6H3/t15-,16?,19-,20+/m0/s1. The largest absolute Gasteiger partial charge is 0.390 e. The Morgan fingerprint density at radius 1 is 1.32 bits per heavy atom. The number of hydrogen-bond donors (Lipinski definition) is 1. The fourth-order valence-electron chi connectivity index (χ4n) is 5.24. The van der Waals surface area contributed by atoms with Crippen molar-refractivity contribution in [1.82, 2.24) is 0 Å². The van der Waals surface area contributed by atoms with Gasteiger partial charge in [-0.2, -0.15) is 0 Å². The van der Waals surface area contributed by atoms with Crippen LogP contribution in [-0.4, -0.2) is 16.5 Å². The Morgan fingerprint density at radius 2 is 1.95 bits per heavy atom. The Kier molecular flexibility index (Phi) is 4.47. The number of aliphatic hydroxyl groups is 1. The van der Waals surface area contributed by atoms with Gasteiger partial charge in [-0.3, -0.25) is 4.79 Å². The van der Waals surface area contributed by atoms with E-state index in [2.05, 4.69) is 40.3 Å². The van der Waals surface area contributed by atoms with Crippen LogP contribution < -0.4 is 0 Å². The van der Waals surface area contributed by atoms with Gasteiger partial charge in [0.25, 0.3) is 0 Å². The minimum absolute atomic E-state index is 0.0249. The third-order valence-corrected chi connectivity index (χ3v) is 6.76. The fraction of sp³-hybridized carbons (Fsp3) is 0.750. The molecule has 2 aliphatic carbocycles. The van der Waals surface area contributed by atoms with Gasteiger partial charge in [-0.15, -0.1) is 0 Å². The van der Waals surface area contributed by atoms with Gasteiger partial charge in [0, 0.05) is 11.8 Å². The second-order valence-corrected chi connectivity index (χ2v) is 8.54. The predicted molar refractivity (Wildman–Crippen MR) is 91.5 cm³/mol. The van der Waals surface area contributed by atoms with Gasteiger partial charge in [0.1, 0.15) is 5.78 Å². The first-order valence-corrected chi connectivity index (χ1v) is 8.60. The van der Waals surface area contributed by atoms with Crippen molar-refractivity contribution in [3.05, 3.63) is 24.3 Å². The van der Waals surface area contributed by atoms with E-state index in [1.165, 1.54) is 0 Å². The number of hydrogen-bond acceptors (Lipinski definition) is 2. The van der Waals surface area contributed by atoms with Gasteiger partial charge in [-0.25, -0.2) is 0 Å². The molecule has 2 rings (SSSR count). The van der Waals surface area contributed by atoms with Crippen LogP contribution >= 0.6 is 0 Å². The van der Waals surface area contributed by atoms with E-state index in [4.69, 9.17) is 0 Å². The minimum Gasteiger partial charge on any atom is -0.390 e. The number of carbonyl (C=O) groups is 1. The normalized spacial score (nSPS) is 41.9. The van der Waals surface area contributed by atoms with E-state index < -0.39 is 5.60 Å². The lowest BCUT2D eigenvalue weighted by Crippen LogP contribution is -2.59. The third kappa shape index (κ3) is 2.71. The summed E-state index contributed by atoms with van der Waals surface area (Å²) in [6.45, 7) is 14.4. The van der Waals surface area contributed by atoms with Gasteiger partial charge in [-0.1, -0.05) is 45.1 Å². The summed E-state index contributed by atoms with van der Waals surface area (Å²) in [5.74, 6) is 0.956.